The molecule has 1 aliphatic rings. The number of hydrogen-bond donors (Lipinski definition) is 1. The van der Waals surface area contributed by atoms with Gasteiger partial charge >= 0.3 is 0 Å². The molecule has 3 heteroatoms. The van der Waals surface area contributed by atoms with E-state index in [1.165, 1.54) is 51.4 Å². The number of hydrogen-bond acceptors (Lipinski definition) is 3. The van der Waals surface area contributed by atoms with E-state index in [9.17, 15) is 0 Å². The predicted molar refractivity (Wildman–Crippen MR) is 82.4 cm³/mol. The fourth-order valence-electron chi connectivity index (χ4n) is 2.94. The minimum Gasteiger partial charge on any atom is -0.383 e. The summed E-state index contributed by atoms with van der Waals surface area (Å²) in [6.07, 6.45) is 10.6. The number of ether oxygens (including phenoxy) is 1. The van der Waals surface area contributed by atoms with Crippen LogP contribution in [0, 0.1) is 0 Å². The molecule has 0 bridgehead atoms. The van der Waals surface area contributed by atoms with Gasteiger partial charge in [0.25, 0.3) is 0 Å². The van der Waals surface area contributed by atoms with E-state index in [-0.39, 0.29) is 5.54 Å². The number of unbranched alkanes of at least 4 members (excludes halogenated alkanes) is 4. The molecule has 0 spiro atoms. The standard InChI is InChI=1S/C16H34N2O/c1-4-5-6-7-8-11-16(2,14-17)18(12-13-19-3)15-9-10-15/h15H,4-14,17H2,1-3H3. The topological polar surface area (TPSA) is 38.5 Å². The first-order valence-electron chi connectivity index (χ1n) is 8.13. The summed E-state index contributed by atoms with van der Waals surface area (Å²) in [7, 11) is 1.79. The maximum Gasteiger partial charge on any atom is 0.0590 e. The Hall–Kier alpha value is -0.120. The normalized spacial score (nSPS) is 18.8. The van der Waals surface area contributed by atoms with E-state index in [4.69, 9.17) is 10.5 Å². The van der Waals surface area contributed by atoms with Crippen LogP contribution >= 0.6 is 0 Å². The zero-order chi connectivity index (χ0) is 14.1. The largest absolute Gasteiger partial charge is 0.383 e. The average Bonchev–Trinajstić information content (AvgIpc) is 3.23. The smallest absolute Gasteiger partial charge is 0.0590 e. The second-order valence-electron chi connectivity index (χ2n) is 6.28. The average molecular weight is 270 g/mol. The highest BCUT2D eigenvalue weighted by Gasteiger charge is 2.39. The molecule has 1 fully saturated rings. The van der Waals surface area contributed by atoms with Gasteiger partial charge in [-0.2, -0.15) is 0 Å². The Morgan fingerprint density at radius 3 is 2.42 bits per heavy atom. The van der Waals surface area contributed by atoms with Crippen molar-refractivity contribution in [2.24, 2.45) is 5.73 Å². The summed E-state index contributed by atoms with van der Waals surface area (Å²) in [5.74, 6) is 0. The lowest BCUT2D eigenvalue weighted by Crippen LogP contribution is -2.53. The highest BCUT2D eigenvalue weighted by molar-refractivity contribution is 4.96. The zero-order valence-electron chi connectivity index (χ0n) is 13.3. The third-order valence-corrected chi connectivity index (χ3v) is 4.48. The van der Waals surface area contributed by atoms with Gasteiger partial charge in [-0.3, -0.25) is 4.90 Å². The molecule has 0 aliphatic heterocycles. The van der Waals surface area contributed by atoms with Crippen molar-refractivity contribution in [3.8, 4) is 0 Å². The maximum absolute atomic E-state index is 6.10. The van der Waals surface area contributed by atoms with Crippen LogP contribution in [0.15, 0.2) is 0 Å². The number of nitrogens with two attached hydrogens (primary N) is 1. The summed E-state index contributed by atoms with van der Waals surface area (Å²) >= 11 is 0. The van der Waals surface area contributed by atoms with Gasteiger partial charge in [-0.25, -0.2) is 0 Å². The van der Waals surface area contributed by atoms with Crippen LogP contribution in [0.3, 0.4) is 0 Å². The van der Waals surface area contributed by atoms with Crippen molar-refractivity contribution >= 4 is 0 Å². The van der Waals surface area contributed by atoms with Gasteiger partial charge in [-0.15, -0.1) is 0 Å². The minimum absolute atomic E-state index is 0.173. The molecule has 0 aromatic rings. The van der Waals surface area contributed by atoms with Crippen LogP contribution in [0.1, 0.15) is 65.2 Å². The first-order valence-corrected chi connectivity index (χ1v) is 8.13. The predicted octanol–water partition coefficient (Wildman–Crippen LogP) is 3.18. The molecule has 0 amide bonds. The molecule has 0 aromatic carbocycles. The van der Waals surface area contributed by atoms with Crippen LogP contribution in [0.2, 0.25) is 0 Å². The van der Waals surface area contributed by atoms with Gasteiger partial charge in [0.15, 0.2) is 0 Å². The van der Waals surface area contributed by atoms with E-state index in [1.807, 2.05) is 0 Å². The van der Waals surface area contributed by atoms with Gasteiger partial charge in [0.05, 0.1) is 6.61 Å². The SMILES string of the molecule is CCCCCCCC(C)(CN)N(CCOC)C1CC1. The third-order valence-electron chi connectivity index (χ3n) is 4.48. The van der Waals surface area contributed by atoms with Crippen LogP contribution in [-0.2, 0) is 4.74 Å². The molecule has 0 heterocycles. The van der Waals surface area contributed by atoms with Crippen molar-refractivity contribution in [2.45, 2.75) is 76.8 Å². The molecule has 1 unspecified atom stereocenters. The second-order valence-corrected chi connectivity index (χ2v) is 6.28. The van der Waals surface area contributed by atoms with E-state index in [0.29, 0.717) is 0 Å². The fraction of sp³-hybridized carbons (Fsp3) is 1.00. The lowest BCUT2D eigenvalue weighted by molar-refractivity contribution is 0.0561. The molecule has 1 saturated carbocycles. The van der Waals surface area contributed by atoms with E-state index in [1.54, 1.807) is 7.11 Å². The Kier molecular flexibility index (Phi) is 7.96. The molecule has 2 N–H and O–H groups in total. The maximum atomic E-state index is 6.10. The molecule has 114 valence electrons. The summed E-state index contributed by atoms with van der Waals surface area (Å²) in [5.41, 5.74) is 6.28. The lowest BCUT2D eigenvalue weighted by atomic mass is 9.91. The first kappa shape index (κ1) is 16.9. The first-order chi connectivity index (χ1) is 9.18. The second kappa shape index (κ2) is 8.93. The van der Waals surface area contributed by atoms with Gasteiger partial charge in [0.2, 0.25) is 0 Å². The lowest BCUT2D eigenvalue weighted by Gasteiger charge is -2.41. The Morgan fingerprint density at radius 2 is 1.89 bits per heavy atom. The van der Waals surface area contributed by atoms with Crippen LogP contribution in [0.4, 0.5) is 0 Å². The monoisotopic (exact) mass is 270 g/mol. The van der Waals surface area contributed by atoms with Gasteiger partial charge in [0, 0.05) is 31.8 Å². The zero-order valence-corrected chi connectivity index (χ0v) is 13.3. The summed E-state index contributed by atoms with van der Waals surface area (Å²) in [6.45, 7) is 7.23. The van der Waals surface area contributed by atoms with Gasteiger partial charge in [-0.1, -0.05) is 39.0 Å². The molecule has 19 heavy (non-hydrogen) atoms. The Morgan fingerprint density at radius 1 is 1.21 bits per heavy atom. The molecule has 3 nitrogen and oxygen atoms in total. The third kappa shape index (κ3) is 5.80. The van der Waals surface area contributed by atoms with Crippen LogP contribution in [0.25, 0.3) is 0 Å². The molecular weight excluding hydrogens is 236 g/mol. The van der Waals surface area contributed by atoms with Crippen LogP contribution in [-0.4, -0.2) is 43.3 Å². The van der Waals surface area contributed by atoms with Crippen molar-refractivity contribution in [3.05, 3.63) is 0 Å². The fourth-order valence-corrected chi connectivity index (χ4v) is 2.94. The van der Waals surface area contributed by atoms with Gasteiger partial charge in [-0.05, 0) is 26.2 Å². The molecule has 1 rings (SSSR count). The summed E-state index contributed by atoms with van der Waals surface area (Å²) in [4.78, 5) is 2.62. The molecule has 0 aromatic heterocycles. The van der Waals surface area contributed by atoms with Gasteiger partial charge in [0.1, 0.15) is 0 Å². The van der Waals surface area contributed by atoms with Crippen molar-refractivity contribution in [2.75, 3.05) is 26.8 Å². The van der Waals surface area contributed by atoms with E-state index in [2.05, 4.69) is 18.7 Å². The molecule has 1 aliphatic carbocycles. The van der Waals surface area contributed by atoms with Crippen LogP contribution < -0.4 is 5.73 Å². The van der Waals surface area contributed by atoms with Gasteiger partial charge < -0.3 is 10.5 Å². The van der Waals surface area contributed by atoms with Crippen molar-refractivity contribution < 1.29 is 4.74 Å². The van der Waals surface area contributed by atoms with Crippen molar-refractivity contribution in [3.63, 3.8) is 0 Å². The molecular formula is C16H34N2O. The van der Waals surface area contributed by atoms with Crippen molar-refractivity contribution in [1.29, 1.82) is 0 Å². The highest BCUT2D eigenvalue weighted by Crippen LogP contribution is 2.34. The summed E-state index contributed by atoms with van der Waals surface area (Å²) in [6, 6.07) is 0.763. The highest BCUT2D eigenvalue weighted by atomic mass is 16.5. The Bertz CT molecular complexity index is 231. The molecule has 0 saturated heterocycles. The van der Waals surface area contributed by atoms with Crippen LogP contribution in [0.5, 0.6) is 0 Å². The quantitative estimate of drug-likeness (QED) is 0.554. The molecule has 1 atom stereocenters. The van der Waals surface area contributed by atoms with Crippen molar-refractivity contribution in [1.82, 2.24) is 4.90 Å². The van der Waals surface area contributed by atoms with E-state index < -0.39 is 0 Å². The molecule has 0 radical (unpaired) electrons. The Labute approximate surface area is 119 Å². The number of methoxy groups -OCH3 is 1. The Balaban J connectivity index is 2.40. The van der Waals surface area contributed by atoms with E-state index >= 15 is 0 Å². The minimum atomic E-state index is 0.173. The summed E-state index contributed by atoms with van der Waals surface area (Å²) < 4.78 is 5.27. The van der Waals surface area contributed by atoms with E-state index in [0.717, 1.165) is 25.7 Å². The number of nitrogens with zero attached hydrogens (tertiary/aromatic N) is 1. The number of rotatable bonds is 12. The summed E-state index contributed by atoms with van der Waals surface area (Å²) in [5, 5.41) is 0.